The number of nitrogens with zero attached hydrogens (tertiary/aromatic N) is 2. The van der Waals surface area contributed by atoms with Crippen LogP contribution in [0.4, 0.5) is 5.82 Å². The van der Waals surface area contributed by atoms with Gasteiger partial charge in [0, 0.05) is 18.5 Å². The minimum absolute atomic E-state index is 0.280. The summed E-state index contributed by atoms with van der Waals surface area (Å²) in [5, 5.41) is 3.68. The lowest BCUT2D eigenvalue weighted by Crippen LogP contribution is -2.05. The molecule has 0 bridgehead atoms. The molecule has 0 saturated heterocycles. The maximum absolute atomic E-state index is 5.93. The first-order valence-electron chi connectivity index (χ1n) is 5.40. The van der Waals surface area contributed by atoms with Crippen molar-refractivity contribution in [1.82, 2.24) is 9.97 Å². The largest absolute Gasteiger partial charge is 0.366 e. The van der Waals surface area contributed by atoms with Crippen LogP contribution in [0.15, 0.2) is 17.7 Å². The van der Waals surface area contributed by atoms with Crippen LogP contribution < -0.4 is 5.32 Å². The Balaban J connectivity index is 2.76. The molecule has 0 atom stereocenters. The second-order valence-electron chi connectivity index (χ2n) is 4.25. The van der Waals surface area contributed by atoms with E-state index in [4.69, 9.17) is 11.6 Å². The maximum atomic E-state index is 5.93. The average Bonchev–Trinajstić information content (AvgIpc) is 2.16. The molecule has 4 heteroatoms. The molecule has 0 amide bonds. The summed E-state index contributed by atoms with van der Waals surface area (Å²) in [6.07, 6.45) is 2.10. The molecule has 0 spiro atoms. The van der Waals surface area contributed by atoms with Gasteiger partial charge in [-0.3, -0.25) is 0 Å². The van der Waals surface area contributed by atoms with Gasteiger partial charge in [0.1, 0.15) is 16.8 Å². The fraction of sp³-hybridized carbons (Fsp3) is 0.500. The van der Waals surface area contributed by atoms with E-state index < -0.39 is 0 Å². The first-order chi connectivity index (χ1) is 7.49. The normalized spacial score (nSPS) is 10.4. The number of aromatic nitrogens is 2. The van der Waals surface area contributed by atoms with Gasteiger partial charge in [-0.05, 0) is 13.8 Å². The van der Waals surface area contributed by atoms with Crippen molar-refractivity contribution in [3.05, 3.63) is 28.7 Å². The van der Waals surface area contributed by atoms with Gasteiger partial charge < -0.3 is 5.32 Å². The lowest BCUT2D eigenvalue weighted by molar-refractivity contribution is 0.775. The lowest BCUT2D eigenvalue weighted by Gasteiger charge is -2.08. The quantitative estimate of drug-likeness (QED) is 0.644. The van der Waals surface area contributed by atoms with Gasteiger partial charge in [-0.15, -0.1) is 0 Å². The molecule has 0 radical (unpaired) electrons. The molecule has 88 valence electrons. The zero-order chi connectivity index (χ0) is 12.1. The summed E-state index contributed by atoms with van der Waals surface area (Å²) in [5.41, 5.74) is 1.27. The third-order valence-corrected chi connectivity index (χ3v) is 2.22. The van der Waals surface area contributed by atoms with Crippen molar-refractivity contribution in [3.8, 4) is 0 Å². The van der Waals surface area contributed by atoms with Gasteiger partial charge in [0.15, 0.2) is 0 Å². The van der Waals surface area contributed by atoms with Crippen LogP contribution in [0.3, 0.4) is 0 Å². The molecule has 3 nitrogen and oxygen atoms in total. The Labute approximate surface area is 102 Å². The Morgan fingerprint density at radius 3 is 2.69 bits per heavy atom. The van der Waals surface area contributed by atoms with E-state index in [2.05, 4.69) is 35.2 Å². The molecular formula is C12H18ClN3. The maximum Gasteiger partial charge on any atom is 0.135 e. The monoisotopic (exact) mass is 239 g/mol. The van der Waals surface area contributed by atoms with E-state index in [9.17, 15) is 0 Å². The van der Waals surface area contributed by atoms with Gasteiger partial charge in [0.25, 0.3) is 0 Å². The fourth-order valence-corrected chi connectivity index (χ4v) is 1.33. The highest BCUT2D eigenvalue weighted by molar-refractivity contribution is 6.29. The number of anilines is 1. The summed E-state index contributed by atoms with van der Waals surface area (Å²) in [4.78, 5) is 8.57. The molecular weight excluding hydrogens is 222 g/mol. The number of hydrogen-bond donors (Lipinski definition) is 1. The molecule has 0 saturated carbocycles. The second kappa shape index (κ2) is 5.85. The molecule has 16 heavy (non-hydrogen) atoms. The van der Waals surface area contributed by atoms with E-state index in [1.165, 1.54) is 5.57 Å². The number of nitrogens with one attached hydrogen (secondary N) is 1. The first-order valence-corrected chi connectivity index (χ1v) is 5.78. The van der Waals surface area contributed by atoms with Crippen LogP contribution in [-0.4, -0.2) is 16.5 Å². The topological polar surface area (TPSA) is 37.8 Å². The van der Waals surface area contributed by atoms with Crippen molar-refractivity contribution in [3.63, 3.8) is 0 Å². The minimum Gasteiger partial charge on any atom is -0.366 e. The van der Waals surface area contributed by atoms with E-state index in [0.29, 0.717) is 5.15 Å². The third-order valence-electron chi connectivity index (χ3n) is 2.02. The van der Waals surface area contributed by atoms with Crippen molar-refractivity contribution in [2.24, 2.45) is 0 Å². The van der Waals surface area contributed by atoms with Crippen LogP contribution in [-0.2, 0) is 0 Å². The Kier molecular flexibility index (Phi) is 4.74. The summed E-state index contributed by atoms with van der Waals surface area (Å²) < 4.78 is 0. The van der Waals surface area contributed by atoms with Gasteiger partial charge in [0.2, 0.25) is 0 Å². The van der Waals surface area contributed by atoms with E-state index >= 15 is 0 Å². The summed E-state index contributed by atoms with van der Waals surface area (Å²) in [5.74, 6) is 1.83. The fourth-order valence-electron chi connectivity index (χ4n) is 1.14. The van der Waals surface area contributed by atoms with Crippen molar-refractivity contribution in [2.75, 3.05) is 11.9 Å². The number of allylic oxidation sites excluding steroid dienone is 1. The molecule has 0 aromatic carbocycles. The third kappa shape index (κ3) is 4.19. The molecule has 1 N–H and O–H groups in total. The molecule has 0 unspecified atom stereocenters. The Morgan fingerprint density at radius 1 is 1.44 bits per heavy atom. The van der Waals surface area contributed by atoms with Gasteiger partial charge in [-0.25, -0.2) is 9.97 Å². The second-order valence-corrected chi connectivity index (χ2v) is 4.64. The van der Waals surface area contributed by atoms with Crippen molar-refractivity contribution >= 4 is 17.4 Å². The van der Waals surface area contributed by atoms with Crippen LogP contribution in [0.1, 0.15) is 39.4 Å². The predicted molar refractivity (Wildman–Crippen MR) is 69.1 cm³/mol. The summed E-state index contributed by atoms with van der Waals surface area (Å²) in [7, 11) is 0. The van der Waals surface area contributed by atoms with E-state index in [-0.39, 0.29) is 5.92 Å². The molecule has 0 aliphatic heterocycles. The van der Waals surface area contributed by atoms with Crippen LogP contribution in [0.5, 0.6) is 0 Å². The lowest BCUT2D eigenvalue weighted by atomic mass is 10.2. The van der Waals surface area contributed by atoms with Gasteiger partial charge in [0.05, 0.1) is 0 Å². The molecule has 1 aromatic heterocycles. The van der Waals surface area contributed by atoms with Gasteiger partial charge in [-0.1, -0.05) is 37.1 Å². The van der Waals surface area contributed by atoms with Crippen LogP contribution in [0.25, 0.3) is 0 Å². The summed E-state index contributed by atoms with van der Waals surface area (Å²) in [6, 6.07) is 1.74. The highest BCUT2D eigenvalue weighted by Crippen LogP contribution is 2.16. The molecule has 0 aliphatic rings. The van der Waals surface area contributed by atoms with Crippen LogP contribution >= 0.6 is 11.6 Å². The Bertz CT molecular complexity index is 382. The van der Waals surface area contributed by atoms with Crippen molar-refractivity contribution in [1.29, 1.82) is 0 Å². The Hall–Kier alpha value is -1.09. The smallest absolute Gasteiger partial charge is 0.135 e. The highest BCUT2D eigenvalue weighted by Gasteiger charge is 2.06. The molecule has 1 heterocycles. The minimum atomic E-state index is 0.280. The van der Waals surface area contributed by atoms with Crippen LogP contribution in [0, 0.1) is 0 Å². The van der Waals surface area contributed by atoms with Crippen molar-refractivity contribution in [2.45, 2.75) is 33.6 Å². The van der Waals surface area contributed by atoms with Crippen LogP contribution in [0.2, 0.25) is 5.15 Å². The summed E-state index contributed by atoms with van der Waals surface area (Å²) in [6.45, 7) is 8.98. The van der Waals surface area contributed by atoms with Gasteiger partial charge in [-0.2, -0.15) is 0 Å². The standard InChI is InChI=1S/C12H18ClN3/c1-8(2)5-6-14-11-7-10(13)15-12(16-11)9(3)4/h5,7,9H,6H2,1-4H3,(H,14,15,16). The van der Waals surface area contributed by atoms with Crippen molar-refractivity contribution < 1.29 is 0 Å². The highest BCUT2D eigenvalue weighted by atomic mass is 35.5. The first kappa shape index (κ1) is 13.0. The molecule has 1 rings (SSSR count). The summed E-state index contributed by atoms with van der Waals surface area (Å²) >= 11 is 5.93. The van der Waals surface area contributed by atoms with E-state index in [1.807, 2.05) is 13.8 Å². The Morgan fingerprint density at radius 2 is 2.12 bits per heavy atom. The molecule has 1 aromatic rings. The van der Waals surface area contributed by atoms with E-state index in [0.717, 1.165) is 18.2 Å². The molecule has 0 fully saturated rings. The predicted octanol–water partition coefficient (Wildman–Crippen LogP) is 3.63. The van der Waals surface area contributed by atoms with Gasteiger partial charge >= 0.3 is 0 Å². The number of hydrogen-bond acceptors (Lipinski definition) is 3. The zero-order valence-corrected chi connectivity index (χ0v) is 11.0. The SMILES string of the molecule is CC(C)=CCNc1cc(Cl)nc(C(C)C)n1. The number of rotatable bonds is 4. The number of halogens is 1. The zero-order valence-electron chi connectivity index (χ0n) is 10.2. The average molecular weight is 240 g/mol. The van der Waals surface area contributed by atoms with E-state index in [1.54, 1.807) is 6.07 Å². The molecule has 0 aliphatic carbocycles.